The fourth-order valence-corrected chi connectivity index (χ4v) is 3.70. The molecular formula is C15H25F2N3. The summed E-state index contributed by atoms with van der Waals surface area (Å²) in [6.07, 6.45) is 5.20. The predicted octanol–water partition coefficient (Wildman–Crippen LogP) is 3.66. The molecule has 1 unspecified atom stereocenters. The van der Waals surface area contributed by atoms with Gasteiger partial charge in [0.05, 0.1) is 12.3 Å². The first-order valence-electron chi connectivity index (χ1n) is 7.88. The molecule has 0 bridgehead atoms. The largest absolute Gasteiger partial charge is 0.270 e. The summed E-state index contributed by atoms with van der Waals surface area (Å²) >= 11 is 0. The molecule has 0 radical (unpaired) electrons. The Kier molecular flexibility index (Phi) is 3.51. The summed E-state index contributed by atoms with van der Waals surface area (Å²) in [6.45, 7) is 5.89. The molecule has 2 aliphatic heterocycles. The van der Waals surface area contributed by atoms with Crippen LogP contribution in [0.3, 0.4) is 0 Å². The van der Waals surface area contributed by atoms with Gasteiger partial charge in [0, 0.05) is 13.0 Å². The molecule has 0 amide bonds. The monoisotopic (exact) mass is 285 g/mol. The lowest BCUT2D eigenvalue weighted by Gasteiger charge is -2.38. The number of fused-ring (bicyclic) bond motifs is 3. The molecule has 2 fully saturated rings. The van der Waals surface area contributed by atoms with Gasteiger partial charge >= 0.3 is 0 Å². The van der Waals surface area contributed by atoms with Gasteiger partial charge < -0.3 is 0 Å². The van der Waals surface area contributed by atoms with Crippen LogP contribution in [0, 0.1) is 5.41 Å². The molecule has 20 heavy (non-hydrogen) atoms. The molecule has 1 saturated carbocycles. The lowest BCUT2D eigenvalue weighted by molar-refractivity contribution is -0.133. The van der Waals surface area contributed by atoms with E-state index in [0.29, 0.717) is 18.6 Å². The van der Waals surface area contributed by atoms with E-state index in [-0.39, 0.29) is 11.8 Å². The van der Waals surface area contributed by atoms with Crippen molar-refractivity contribution in [3.8, 4) is 0 Å². The van der Waals surface area contributed by atoms with Crippen molar-refractivity contribution >= 4 is 5.71 Å². The molecule has 0 aromatic carbocycles. The highest BCUT2D eigenvalue weighted by molar-refractivity contribution is 5.91. The normalized spacial score (nSPS) is 33.5. The molecule has 5 heteroatoms. The SMILES string of the molecule is CC1(C)CCCC(F)(F)C2C(=NN3CCCCN23)CC1. The van der Waals surface area contributed by atoms with Crippen LogP contribution >= 0.6 is 0 Å². The van der Waals surface area contributed by atoms with Crippen LogP contribution in [0.5, 0.6) is 0 Å². The number of halogens is 2. The van der Waals surface area contributed by atoms with Gasteiger partial charge in [0.2, 0.25) is 0 Å². The van der Waals surface area contributed by atoms with Gasteiger partial charge in [0.15, 0.2) is 0 Å². The second-order valence-electron chi connectivity index (χ2n) is 7.24. The third kappa shape index (κ3) is 2.57. The summed E-state index contributed by atoms with van der Waals surface area (Å²) < 4.78 is 29.3. The van der Waals surface area contributed by atoms with E-state index < -0.39 is 12.0 Å². The predicted molar refractivity (Wildman–Crippen MR) is 75.7 cm³/mol. The van der Waals surface area contributed by atoms with E-state index in [4.69, 9.17) is 0 Å². The second kappa shape index (κ2) is 4.93. The fraction of sp³-hybridized carbons (Fsp3) is 0.933. The molecule has 3 rings (SSSR count). The van der Waals surface area contributed by atoms with Crippen molar-refractivity contribution in [2.45, 2.75) is 70.8 Å². The zero-order chi connectivity index (χ0) is 14.4. The number of hydrazine groups is 1. The number of hydrogen-bond donors (Lipinski definition) is 0. The van der Waals surface area contributed by atoms with Crippen molar-refractivity contribution < 1.29 is 8.78 Å². The first-order valence-corrected chi connectivity index (χ1v) is 7.88. The molecule has 0 aromatic rings. The molecular weight excluding hydrogens is 260 g/mol. The van der Waals surface area contributed by atoms with E-state index in [1.807, 2.05) is 10.1 Å². The highest BCUT2D eigenvalue weighted by atomic mass is 19.3. The maximum absolute atomic E-state index is 14.7. The summed E-state index contributed by atoms with van der Waals surface area (Å²) in [5.74, 6) is -2.65. The number of rotatable bonds is 0. The third-order valence-corrected chi connectivity index (χ3v) is 4.97. The van der Waals surface area contributed by atoms with Gasteiger partial charge in [0.1, 0.15) is 6.04 Å². The molecule has 1 aliphatic carbocycles. The Morgan fingerprint density at radius 1 is 1.05 bits per heavy atom. The molecule has 114 valence electrons. The summed E-state index contributed by atoms with van der Waals surface area (Å²) in [7, 11) is 0. The van der Waals surface area contributed by atoms with Crippen molar-refractivity contribution in [3.63, 3.8) is 0 Å². The van der Waals surface area contributed by atoms with Crippen molar-refractivity contribution in [1.82, 2.24) is 10.1 Å². The van der Waals surface area contributed by atoms with Crippen LogP contribution in [0.15, 0.2) is 5.10 Å². The maximum Gasteiger partial charge on any atom is 0.270 e. The Balaban J connectivity index is 1.89. The standard InChI is InChI=1S/C15H25F2N3/c1-14(2)7-5-8-15(16,17)13-12(6-9-14)18-20-11-4-3-10-19(13)20/h13H,3-11H2,1-2H3. The first kappa shape index (κ1) is 14.2. The quantitative estimate of drug-likeness (QED) is 0.676. The maximum atomic E-state index is 14.7. The molecule has 0 N–H and O–H groups in total. The third-order valence-electron chi connectivity index (χ3n) is 4.97. The zero-order valence-electron chi connectivity index (χ0n) is 12.5. The van der Waals surface area contributed by atoms with Crippen LogP contribution in [0.25, 0.3) is 0 Å². The smallest absolute Gasteiger partial charge is 0.226 e. The van der Waals surface area contributed by atoms with Crippen LogP contribution in [0.1, 0.15) is 58.8 Å². The van der Waals surface area contributed by atoms with E-state index >= 15 is 0 Å². The zero-order valence-corrected chi connectivity index (χ0v) is 12.5. The van der Waals surface area contributed by atoms with E-state index in [9.17, 15) is 8.78 Å². The molecule has 0 aromatic heterocycles. The van der Waals surface area contributed by atoms with Crippen LogP contribution in [0.4, 0.5) is 8.78 Å². The van der Waals surface area contributed by atoms with Crippen molar-refractivity contribution in [2.75, 3.05) is 13.1 Å². The number of hydrogen-bond acceptors (Lipinski definition) is 3. The van der Waals surface area contributed by atoms with Crippen molar-refractivity contribution in [3.05, 3.63) is 0 Å². The average molecular weight is 285 g/mol. The van der Waals surface area contributed by atoms with Crippen LogP contribution in [-0.4, -0.2) is 40.9 Å². The van der Waals surface area contributed by atoms with Gasteiger partial charge in [0.25, 0.3) is 5.92 Å². The van der Waals surface area contributed by atoms with Gasteiger partial charge in [-0.2, -0.15) is 10.1 Å². The average Bonchev–Trinajstić information content (AvgIpc) is 2.75. The van der Waals surface area contributed by atoms with Crippen LogP contribution < -0.4 is 0 Å². The molecule has 3 nitrogen and oxygen atoms in total. The van der Waals surface area contributed by atoms with Gasteiger partial charge in [-0.1, -0.05) is 13.8 Å². The Bertz CT molecular complexity index is 406. The minimum atomic E-state index is -2.65. The van der Waals surface area contributed by atoms with Crippen molar-refractivity contribution in [1.29, 1.82) is 0 Å². The lowest BCUT2D eigenvalue weighted by Crippen LogP contribution is -2.54. The van der Waals surface area contributed by atoms with Gasteiger partial charge in [-0.05, 0) is 43.9 Å². The Morgan fingerprint density at radius 3 is 2.60 bits per heavy atom. The first-order chi connectivity index (χ1) is 9.39. The number of alkyl halides is 2. The summed E-state index contributed by atoms with van der Waals surface area (Å²) in [5.41, 5.74) is 0.859. The van der Waals surface area contributed by atoms with Crippen LogP contribution in [0.2, 0.25) is 0 Å². The molecule has 0 spiro atoms. The summed E-state index contributed by atoms with van der Waals surface area (Å²) in [4.78, 5) is 0. The highest BCUT2D eigenvalue weighted by Crippen LogP contribution is 2.41. The number of hydrazone groups is 1. The second-order valence-corrected chi connectivity index (χ2v) is 7.24. The van der Waals surface area contributed by atoms with Gasteiger partial charge in [-0.3, -0.25) is 0 Å². The van der Waals surface area contributed by atoms with E-state index in [2.05, 4.69) is 18.9 Å². The Labute approximate surface area is 120 Å². The molecule has 1 atom stereocenters. The van der Waals surface area contributed by atoms with Crippen LogP contribution in [-0.2, 0) is 0 Å². The van der Waals surface area contributed by atoms with Crippen molar-refractivity contribution in [2.24, 2.45) is 10.5 Å². The van der Waals surface area contributed by atoms with Gasteiger partial charge in [-0.15, -0.1) is 0 Å². The van der Waals surface area contributed by atoms with Gasteiger partial charge in [-0.25, -0.2) is 13.9 Å². The Morgan fingerprint density at radius 2 is 1.80 bits per heavy atom. The topological polar surface area (TPSA) is 18.8 Å². The summed E-state index contributed by atoms with van der Waals surface area (Å²) in [5, 5.41) is 8.17. The molecule has 1 saturated heterocycles. The lowest BCUT2D eigenvalue weighted by atomic mass is 9.83. The molecule has 2 heterocycles. The van der Waals surface area contributed by atoms with E-state index in [0.717, 1.165) is 38.8 Å². The van der Waals surface area contributed by atoms with E-state index in [1.165, 1.54) is 0 Å². The minimum absolute atomic E-state index is 0.00947. The Hall–Kier alpha value is -0.710. The molecule has 3 aliphatic rings. The summed E-state index contributed by atoms with van der Waals surface area (Å²) in [6, 6.07) is -0.781. The highest BCUT2D eigenvalue weighted by Gasteiger charge is 2.51. The number of nitrogens with zero attached hydrogens (tertiary/aromatic N) is 3. The fourth-order valence-electron chi connectivity index (χ4n) is 3.70. The van der Waals surface area contributed by atoms with E-state index in [1.54, 1.807) is 0 Å². The minimum Gasteiger partial charge on any atom is -0.226 e.